The van der Waals surface area contributed by atoms with E-state index in [1.165, 1.54) is 36.7 Å². The molecular formula is C26H24F6N8O3S. The lowest BCUT2D eigenvalue weighted by atomic mass is 10.1. The van der Waals surface area contributed by atoms with Crippen molar-refractivity contribution >= 4 is 28.3 Å². The third kappa shape index (κ3) is 9.99. The van der Waals surface area contributed by atoms with E-state index in [9.17, 15) is 35.9 Å². The van der Waals surface area contributed by atoms with Crippen molar-refractivity contribution in [2.75, 3.05) is 5.32 Å². The Morgan fingerprint density at radius 1 is 1.09 bits per heavy atom. The van der Waals surface area contributed by atoms with Gasteiger partial charge in [-0.1, -0.05) is 28.7 Å². The third-order valence-electron chi connectivity index (χ3n) is 5.79. The van der Waals surface area contributed by atoms with Crippen molar-refractivity contribution in [2.24, 2.45) is 0 Å². The first-order valence-electron chi connectivity index (χ1n) is 12.9. The van der Waals surface area contributed by atoms with E-state index in [0.717, 1.165) is 35.1 Å². The van der Waals surface area contributed by atoms with E-state index in [4.69, 9.17) is 0 Å². The van der Waals surface area contributed by atoms with Gasteiger partial charge in [-0.25, -0.2) is 17.9 Å². The van der Waals surface area contributed by atoms with E-state index in [2.05, 4.69) is 40.9 Å². The van der Waals surface area contributed by atoms with Crippen molar-refractivity contribution in [1.29, 1.82) is 0 Å². The molecule has 1 aromatic carbocycles. The maximum Gasteiger partial charge on any atom is 0.573 e. The van der Waals surface area contributed by atoms with E-state index < -0.39 is 36.0 Å². The number of nitrogens with one attached hydrogen (secondary N) is 2. The van der Waals surface area contributed by atoms with Crippen LogP contribution in [0, 0.1) is 0 Å². The Kier molecular flexibility index (Phi) is 10.1. The first kappa shape index (κ1) is 32.3. The van der Waals surface area contributed by atoms with E-state index in [-0.39, 0.29) is 60.0 Å². The minimum absolute atomic E-state index is 0.0139. The van der Waals surface area contributed by atoms with Gasteiger partial charge in [-0.15, -0.1) is 28.5 Å². The summed E-state index contributed by atoms with van der Waals surface area (Å²) in [6, 6.07) is 7.37. The lowest BCUT2D eigenvalue weighted by molar-refractivity contribution is -0.274. The summed E-state index contributed by atoms with van der Waals surface area (Å²) in [7, 11) is 0. The maximum atomic E-state index is 14.6. The minimum Gasteiger partial charge on any atom is -0.406 e. The summed E-state index contributed by atoms with van der Waals surface area (Å²) in [5.74, 6) is -4.69. The van der Waals surface area contributed by atoms with Gasteiger partial charge < -0.3 is 15.4 Å². The molecule has 3 aromatic heterocycles. The Labute approximate surface area is 249 Å². The largest absolute Gasteiger partial charge is 0.573 e. The Hall–Kier alpha value is -4.61. The Balaban J connectivity index is 1.20. The predicted molar refractivity (Wildman–Crippen MR) is 144 cm³/mol. The summed E-state index contributed by atoms with van der Waals surface area (Å²) in [6.07, 6.45) is -3.84. The van der Waals surface area contributed by atoms with Crippen LogP contribution >= 0.6 is 11.3 Å². The van der Waals surface area contributed by atoms with Crippen molar-refractivity contribution in [2.45, 2.75) is 57.7 Å². The van der Waals surface area contributed by atoms with Crippen LogP contribution in [-0.4, -0.2) is 54.5 Å². The second-order valence-corrected chi connectivity index (χ2v) is 10.6. The summed E-state index contributed by atoms with van der Waals surface area (Å²) in [6.45, 7) is 0.410. The summed E-state index contributed by atoms with van der Waals surface area (Å²) >= 11 is 1.02. The van der Waals surface area contributed by atoms with Crippen LogP contribution in [0.4, 0.5) is 31.5 Å². The molecule has 0 radical (unpaired) electrons. The van der Waals surface area contributed by atoms with Gasteiger partial charge in [-0.3, -0.25) is 14.6 Å². The molecule has 2 amide bonds. The summed E-state index contributed by atoms with van der Waals surface area (Å²) in [5, 5.41) is 20.8. The molecule has 0 fully saturated rings. The van der Waals surface area contributed by atoms with Gasteiger partial charge in [0.25, 0.3) is 11.8 Å². The van der Waals surface area contributed by atoms with E-state index in [1.54, 1.807) is 0 Å². The van der Waals surface area contributed by atoms with E-state index >= 15 is 0 Å². The molecule has 0 aliphatic rings. The average Bonchev–Trinajstić information content (AvgIpc) is 3.59. The lowest BCUT2D eigenvalue weighted by Gasteiger charge is -2.11. The quantitative estimate of drug-likeness (QED) is 0.202. The molecule has 11 nitrogen and oxygen atoms in total. The second-order valence-electron chi connectivity index (χ2n) is 9.49. The number of carbonyl (C=O) groups is 2. The molecule has 1 atom stereocenters. The van der Waals surface area contributed by atoms with Crippen LogP contribution in [0.25, 0.3) is 0 Å². The number of nitrogens with zero attached hydrogens (tertiary/aromatic N) is 6. The average molecular weight is 643 g/mol. The zero-order valence-corrected chi connectivity index (χ0v) is 23.6. The van der Waals surface area contributed by atoms with Crippen LogP contribution < -0.4 is 15.4 Å². The number of halogens is 6. The van der Waals surface area contributed by atoms with Crippen molar-refractivity contribution in [3.63, 3.8) is 0 Å². The van der Waals surface area contributed by atoms with Gasteiger partial charge >= 0.3 is 6.36 Å². The van der Waals surface area contributed by atoms with E-state index in [0.29, 0.717) is 5.01 Å². The van der Waals surface area contributed by atoms with Crippen LogP contribution in [0.3, 0.4) is 0 Å². The summed E-state index contributed by atoms with van der Waals surface area (Å²) < 4.78 is 83.9. The summed E-state index contributed by atoms with van der Waals surface area (Å²) in [5.41, 5.74) is 0.166. The molecule has 0 saturated heterocycles. The normalized spacial score (nSPS) is 12.5. The number of anilines is 1. The number of carbonyl (C=O) groups excluding carboxylic acids is 2. The first-order valence-corrected chi connectivity index (χ1v) is 13.7. The SMILES string of the molecule is CC(F)(F)c1ccnc(CNC(=O)c2cn(CC(F)CCc3nnc(NC(=O)Cc4cccc(OC(F)(F)F)c4)s3)nn2)c1. The third-order valence-corrected chi connectivity index (χ3v) is 6.69. The molecule has 44 heavy (non-hydrogen) atoms. The number of aromatic nitrogens is 6. The highest BCUT2D eigenvalue weighted by Crippen LogP contribution is 2.27. The van der Waals surface area contributed by atoms with Crippen LogP contribution in [0.5, 0.6) is 5.75 Å². The first-order chi connectivity index (χ1) is 20.7. The topological polar surface area (TPSA) is 137 Å². The maximum absolute atomic E-state index is 14.6. The van der Waals surface area contributed by atoms with Crippen molar-refractivity contribution in [3.05, 3.63) is 76.3 Å². The van der Waals surface area contributed by atoms with Crippen LogP contribution in [0.2, 0.25) is 0 Å². The second kappa shape index (κ2) is 13.8. The van der Waals surface area contributed by atoms with Crippen molar-refractivity contribution in [1.82, 2.24) is 35.5 Å². The molecule has 234 valence electrons. The number of amides is 2. The van der Waals surface area contributed by atoms with Crippen LogP contribution in [0.1, 0.15) is 45.7 Å². The molecule has 0 saturated carbocycles. The number of alkyl halides is 6. The molecule has 2 N–H and O–H groups in total. The molecule has 18 heteroatoms. The Bertz CT molecular complexity index is 1590. The van der Waals surface area contributed by atoms with Crippen molar-refractivity contribution in [3.8, 4) is 5.75 Å². The number of rotatable bonds is 13. The van der Waals surface area contributed by atoms with Gasteiger partial charge in [-0.2, -0.15) is 0 Å². The predicted octanol–water partition coefficient (Wildman–Crippen LogP) is 4.62. The van der Waals surface area contributed by atoms with Gasteiger partial charge in [0.15, 0.2) is 5.69 Å². The zero-order valence-electron chi connectivity index (χ0n) is 22.8. The highest BCUT2D eigenvalue weighted by Gasteiger charge is 2.31. The van der Waals surface area contributed by atoms with Gasteiger partial charge in [0.05, 0.1) is 31.4 Å². The molecule has 0 spiro atoms. The fourth-order valence-corrected chi connectivity index (χ4v) is 4.55. The fourth-order valence-electron chi connectivity index (χ4n) is 3.78. The van der Waals surface area contributed by atoms with Crippen LogP contribution in [0.15, 0.2) is 48.8 Å². The number of hydrogen-bond donors (Lipinski definition) is 2. The van der Waals surface area contributed by atoms with Gasteiger partial charge in [0.2, 0.25) is 11.0 Å². The monoisotopic (exact) mass is 642 g/mol. The molecule has 3 heterocycles. The number of pyridine rings is 1. The number of benzene rings is 1. The fraction of sp³-hybridized carbons (Fsp3) is 0.346. The Morgan fingerprint density at radius 2 is 1.89 bits per heavy atom. The number of ether oxygens (including phenoxy) is 1. The number of hydrogen-bond acceptors (Lipinski definition) is 9. The zero-order chi connectivity index (χ0) is 31.9. The van der Waals surface area contributed by atoms with E-state index in [1.807, 2.05) is 0 Å². The molecule has 4 rings (SSSR count). The lowest BCUT2D eigenvalue weighted by Crippen LogP contribution is -2.24. The molecule has 0 bridgehead atoms. The Morgan fingerprint density at radius 3 is 2.64 bits per heavy atom. The van der Waals surface area contributed by atoms with Crippen LogP contribution in [-0.2, 0) is 36.6 Å². The smallest absolute Gasteiger partial charge is 0.406 e. The molecular weight excluding hydrogens is 618 g/mol. The highest BCUT2D eigenvalue weighted by molar-refractivity contribution is 7.15. The molecule has 4 aromatic rings. The highest BCUT2D eigenvalue weighted by atomic mass is 32.1. The molecule has 1 unspecified atom stereocenters. The summed E-state index contributed by atoms with van der Waals surface area (Å²) in [4.78, 5) is 28.6. The molecule has 0 aliphatic carbocycles. The standard InChI is InChI=1S/C26H24F6N8O3S/c1-25(28,29)16-7-8-33-18(11-16)12-34-23(42)20-14-40(39-36-20)13-17(27)5-6-22-37-38-24(44-22)35-21(41)10-15-3-2-4-19(9-15)43-26(30,31)32/h2-4,7-9,11,14,17H,5-6,10,12-13H2,1H3,(H,34,42)(H,35,38,41). The van der Waals surface area contributed by atoms with Gasteiger partial charge in [0, 0.05) is 25.1 Å². The number of aryl methyl sites for hydroxylation is 1. The minimum atomic E-state index is -4.86. The van der Waals surface area contributed by atoms with Gasteiger partial charge in [0.1, 0.15) is 16.9 Å². The van der Waals surface area contributed by atoms with Crippen molar-refractivity contribution < 1.29 is 40.7 Å². The molecule has 0 aliphatic heterocycles. The van der Waals surface area contributed by atoms with Gasteiger partial charge in [-0.05, 0) is 36.2 Å².